The summed E-state index contributed by atoms with van der Waals surface area (Å²) in [5, 5.41) is 12.5. The Morgan fingerprint density at radius 3 is 2.63 bits per heavy atom. The van der Waals surface area contributed by atoms with E-state index in [0.29, 0.717) is 33.2 Å². The minimum absolute atomic E-state index is 0.255. The Bertz CT molecular complexity index is 1550. The highest BCUT2D eigenvalue weighted by molar-refractivity contribution is 6.30. The van der Waals surface area contributed by atoms with Crippen molar-refractivity contribution in [1.29, 1.82) is 5.26 Å². The van der Waals surface area contributed by atoms with Crippen LogP contribution in [0.5, 0.6) is 17.2 Å². The number of nitrogens with zero attached hydrogens (tertiary/aromatic N) is 1. The molecule has 1 aliphatic rings. The number of benzene rings is 4. The van der Waals surface area contributed by atoms with Gasteiger partial charge in [-0.05, 0) is 53.3 Å². The topological polar surface area (TPSA) is 68.6 Å². The molecule has 0 aliphatic carbocycles. The van der Waals surface area contributed by atoms with E-state index < -0.39 is 11.6 Å². The number of rotatable bonds is 4. The first-order valence-corrected chi connectivity index (χ1v) is 11.3. The van der Waals surface area contributed by atoms with Gasteiger partial charge < -0.3 is 14.2 Å². The largest absolute Gasteiger partial charge is 0.493 e. The number of nitriles is 1. The highest BCUT2D eigenvalue weighted by Crippen LogP contribution is 2.46. The van der Waals surface area contributed by atoms with Crippen molar-refractivity contribution >= 4 is 34.4 Å². The standard InChI is InChI=1S/C29H20ClNO4/c1-18(32)34-28-16-21(8-12-27(28)33-2)29(25-10-9-22(30)15-20(25)17-31)14-13-24-23-6-4-3-5-19(23)7-11-26(24)35-29/h3-16H,1-2H3. The maximum atomic E-state index is 11.8. The van der Waals surface area contributed by atoms with Crippen LogP contribution in [-0.4, -0.2) is 13.1 Å². The molecular weight excluding hydrogens is 462 g/mol. The number of hydrogen-bond acceptors (Lipinski definition) is 5. The summed E-state index contributed by atoms with van der Waals surface area (Å²) in [5.74, 6) is 0.845. The third kappa shape index (κ3) is 3.88. The molecule has 0 saturated heterocycles. The summed E-state index contributed by atoms with van der Waals surface area (Å²) < 4.78 is 17.6. The van der Waals surface area contributed by atoms with Gasteiger partial charge in [-0.1, -0.05) is 54.1 Å². The Kier molecular flexibility index (Phi) is 5.68. The Morgan fingerprint density at radius 1 is 1.03 bits per heavy atom. The van der Waals surface area contributed by atoms with Gasteiger partial charge in [0.2, 0.25) is 0 Å². The van der Waals surface area contributed by atoms with E-state index in [0.717, 1.165) is 16.3 Å². The molecule has 1 unspecified atom stereocenters. The first kappa shape index (κ1) is 22.5. The summed E-state index contributed by atoms with van der Waals surface area (Å²) in [7, 11) is 1.50. The molecule has 1 aliphatic heterocycles. The van der Waals surface area contributed by atoms with Crippen molar-refractivity contribution in [2.75, 3.05) is 7.11 Å². The second-order valence-electron chi connectivity index (χ2n) is 8.13. The van der Waals surface area contributed by atoms with E-state index >= 15 is 0 Å². The first-order valence-electron chi connectivity index (χ1n) is 10.9. The van der Waals surface area contributed by atoms with Crippen LogP contribution in [0.4, 0.5) is 0 Å². The smallest absolute Gasteiger partial charge is 0.308 e. The molecule has 0 spiro atoms. The van der Waals surface area contributed by atoms with Gasteiger partial charge in [0.1, 0.15) is 5.75 Å². The molecule has 35 heavy (non-hydrogen) atoms. The quantitative estimate of drug-likeness (QED) is 0.241. The number of halogens is 1. The van der Waals surface area contributed by atoms with Gasteiger partial charge in [-0.15, -0.1) is 0 Å². The molecule has 0 saturated carbocycles. The fraction of sp³-hybridized carbons (Fsp3) is 0.103. The number of ether oxygens (including phenoxy) is 3. The van der Waals surface area contributed by atoms with Gasteiger partial charge >= 0.3 is 5.97 Å². The number of fused-ring (bicyclic) bond motifs is 3. The second kappa shape index (κ2) is 8.83. The third-order valence-corrected chi connectivity index (χ3v) is 6.27. The van der Waals surface area contributed by atoms with Crippen molar-refractivity contribution in [3.8, 4) is 23.3 Å². The zero-order chi connectivity index (χ0) is 24.6. The maximum absolute atomic E-state index is 11.8. The van der Waals surface area contributed by atoms with Gasteiger partial charge in [0.05, 0.1) is 18.7 Å². The first-order chi connectivity index (χ1) is 16.9. The van der Waals surface area contributed by atoms with Gasteiger partial charge in [-0.25, -0.2) is 0 Å². The molecule has 0 N–H and O–H groups in total. The summed E-state index contributed by atoms with van der Waals surface area (Å²) in [5.41, 5.74) is 1.39. The van der Waals surface area contributed by atoms with Crippen LogP contribution in [0.3, 0.4) is 0 Å². The SMILES string of the molecule is COc1ccc(C2(c3ccc(Cl)cc3C#N)C=Cc3c(ccc4ccccc34)O2)cc1OC(C)=O. The fourth-order valence-corrected chi connectivity index (χ4v) is 4.65. The molecule has 0 radical (unpaired) electrons. The van der Waals surface area contributed by atoms with E-state index in [1.54, 1.807) is 30.3 Å². The summed E-state index contributed by atoms with van der Waals surface area (Å²) in [6, 6.07) is 24.6. The lowest BCUT2D eigenvalue weighted by atomic mass is 9.81. The van der Waals surface area contributed by atoms with Crippen molar-refractivity contribution in [3.05, 3.63) is 106 Å². The van der Waals surface area contributed by atoms with Crippen LogP contribution >= 0.6 is 11.6 Å². The molecule has 172 valence electrons. The van der Waals surface area contributed by atoms with E-state index in [9.17, 15) is 10.1 Å². The van der Waals surface area contributed by atoms with Gasteiger partial charge in [-0.3, -0.25) is 4.79 Å². The van der Waals surface area contributed by atoms with Crippen molar-refractivity contribution in [3.63, 3.8) is 0 Å². The summed E-state index contributed by atoms with van der Waals surface area (Å²) >= 11 is 6.21. The average Bonchev–Trinajstić information content (AvgIpc) is 2.87. The predicted octanol–water partition coefficient (Wildman–Crippen LogP) is 6.65. The lowest BCUT2D eigenvalue weighted by Crippen LogP contribution is -2.35. The van der Waals surface area contributed by atoms with Crippen LogP contribution in [0, 0.1) is 11.3 Å². The Labute approximate surface area is 207 Å². The van der Waals surface area contributed by atoms with Gasteiger partial charge in [0.25, 0.3) is 0 Å². The normalized spacial score (nSPS) is 16.2. The number of hydrogen-bond donors (Lipinski definition) is 0. The number of carbonyl (C=O) groups is 1. The molecule has 5 nitrogen and oxygen atoms in total. The fourth-order valence-electron chi connectivity index (χ4n) is 4.48. The number of esters is 1. The van der Waals surface area contributed by atoms with Crippen LogP contribution in [0.15, 0.2) is 78.9 Å². The third-order valence-electron chi connectivity index (χ3n) is 6.03. The molecule has 1 atom stereocenters. The summed E-state index contributed by atoms with van der Waals surface area (Å²) in [4.78, 5) is 11.8. The molecule has 0 aromatic heterocycles. The molecule has 4 aromatic carbocycles. The van der Waals surface area contributed by atoms with E-state index in [-0.39, 0.29) is 5.75 Å². The minimum Gasteiger partial charge on any atom is -0.493 e. The minimum atomic E-state index is -1.19. The zero-order valence-electron chi connectivity index (χ0n) is 19.0. The molecule has 0 amide bonds. The molecular formula is C29H20ClNO4. The lowest BCUT2D eigenvalue weighted by molar-refractivity contribution is -0.132. The lowest BCUT2D eigenvalue weighted by Gasteiger charge is -2.37. The molecule has 5 rings (SSSR count). The molecule has 0 bridgehead atoms. The predicted molar refractivity (Wildman–Crippen MR) is 135 cm³/mol. The van der Waals surface area contributed by atoms with E-state index in [2.05, 4.69) is 6.07 Å². The Balaban J connectivity index is 1.78. The summed E-state index contributed by atoms with van der Waals surface area (Å²) in [6.07, 6.45) is 3.93. The second-order valence-corrected chi connectivity index (χ2v) is 8.57. The zero-order valence-corrected chi connectivity index (χ0v) is 19.8. The van der Waals surface area contributed by atoms with Crippen molar-refractivity contribution in [2.24, 2.45) is 0 Å². The van der Waals surface area contributed by atoms with Crippen molar-refractivity contribution in [2.45, 2.75) is 12.5 Å². The highest BCUT2D eigenvalue weighted by atomic mass is 35.5. The van der Waals surface area contributed by atoms with Crippen LogP contribution in [0.2, 0.25) is 5.02 Å². The summed E-state index contributed by atoms with van der Waals surface area (Å²) in [6.45, 7) is 1.33. The van der Waals surface area contributed by atoms with Crippen LogP contribution in [-0.2, 0) is 10.4 Å². The average molecular weight is 482 g/mol. The van der Waals surface area contributed by atoms with Gasteiger partial charge in [-0.2, -0.15) is 5.26 Å². The van der Waals surface area contributed by atoms with Crippen molar-refractivity contribution < 1.29 is 19.0 Å². The van der Waals surface area contributed by atoms with E-state index in [1.165, 1.54) is 14.0 Å². The van der Waals surface area contributed by atoms with Gasteiger partial charge in [0.15, 0.2) is 17.1 Å². The molecule has 6 heteroatoms. The number of carbonyl (C=O) groups excluding carboxylic acids is 1. The van der Waals surface area contributed by atoms with Crippen molar-refractivity contribution in [1.82, 2.24) is 0 Å². The molecule has 0 fully saturated rings. The van der Waals surface area contributed by atoms with Crippen LogP contribution in [0.25, 0.3) is 16.8 Å². The van der Waals surface area contributed by atoms with Crippen LogP contribution in [0.1, 0.15) is 29.2 Å². The van der Waals surface area contributed by atoms with E-state index in [1.807, 2.05) is 54.6 Å². The van der Waals surface area contributed by atoms with Crippen LogP contribution < -0.4 is 14.2 Å². The monoisotopic (exact) mass is 481 g/mol. The Hall–Kier alpha value is -4.27. The van der Waals surface area contributed by atoms with Gasteiger partial charge in [0, 0.05) is 28.6 Å². The highest BCUT2D eigenvalue weighted by Gasteiger charge is 2.40. The maximum Gasteiger partial charge on any atom is 0.308 e. The van der Waals surface area contributed by atoms with E-state index in [4.69, 9.17) is 25.8 Å². The molecule has 1 heterocycles. The Morgan fingerprint density at radius 2 is 1.86 bits per heavy atom. The number of methoxy groups -OCH3 is 1. The molecule has 4 aromatic rings.